The van der Waals surface area contributed by atoms with Crippen molar-refractivity contribution >= 4 is 0 Å². The van der Waals surface area contributed by atoms with Gasteiger partial charge in [0.2, 0.25) is 0 Å². The molecule has 4 heteroatoms. The minimum absolute atomic E-state index is 0.668. The Bertz CT molecular complexity index is 500. The van der Waals surface area contributed by atoms with E-state index in [1.54, 1.807) is 4.80 Å². The number of hydrogen-bond acceptors (Lipinski definition) is 3. The average Bonchev–Trinajstić information content (AvgIpc) is 2.83. The van der Waals surface area contributed by atoms with Gasteiger partial charge in [0.1, 0.15) is 0 Å². The van der Waals surface area contributed by atoms with Gasteiger partial charge >= 0.3 is 0 Å². The normalized spacial score (nSPS) is 22.7. The maximum atomic E-state index is 4.47. The number of nitrogens with zero attached hydrogens (tertiary/aromatic N) is 3. The molecule has 0 radical (unpaired) electrons. The molecule has 0 spiro atoms. The molecule has 18 heavy (non-hydrogen) atoms. The fraction of sp³-hybridized carbons (Fsp3) is 0.429. The van der Waals surface area contributed by atoms with E-state index < -0.39 is 0 Å². The van der Waals surface area contributed by atoms with Crippen LogP contribution in [-0.2, 0) is 6.54 Å². The molecule has 4 nitrogen and oxygen atoms in total. The van der Waals surface area contributed by atoms with Gasteiger partial charge in [-0.05, 0) is 30.9 Å². The number of hydrogen-bond donors (Lipinski definition) is 1. The van der Waals surface area contributed by atoms with E-state index in [2.05, 4.69) is 22.4 Å². The van der Waals surface area contributed by atoms with Gasteiger partial charge in [0, 0.05) is 12.6 Å². The van der Waals surface area contributed by atoms with Gasteiger partial charge in [0.05, 0.1) is 17.6 Å². The van der Waals surface area contributed by atoms with E-state index in [9.17, 15) is 0 Å². The first-order valence-electron chi connectivity index (χ1n) is 6.51. The van der Waals surface area contributed by atoms with Gasteiger partial charge < -0.3 is 5.32 Å². The van der Waals surface area contributed by atoms with E-state index >= 15 is 0 Å². The lowest BCUT2D eigenvalue weighted by Crippen LogP contribution is -2.39. The molecule has 1 aliphatic rings. The van der Waals surface area contributed by atoms with Crippen molar-refractivity contribution in [2.24, 2.45) is 5.92 Å². The number of nitrogens with one attached hydrogen (secondary N) is 1. The highest BCUT2D eigenvalue weighted by molar-refractivity contribution is 5.28. The predicted octanol–water partition coefficient (Wildman–Crippen LogP) is 2.16. The van der Waals surface area contributed by atoms with Crippen LogP contribution >= 0.6 is 0 Å². The molecule has 3 rings (SSSR count). The summed E-state index contributed by atoms with van der Waals surface area (Å²) in [5, 5.41) is 12.3. The van der Waals surface area contributed by atoms with Gasteiger partial charge in [-0.1, -0.05) is 25.1 Å². The highest BCUT2D eigenvalue weighted by Crippen LogP contribution is 2.26. The molecule has 1 aromatic carbocycles. The van der Waals surface area contributed by atoms with Crippen molar-refractivity contribution in [3.05, 3.63) is 42.2 Å². The largest absolute Gasteiger partial charge is 0.308 e. The second kappa shape index (κ2) is 4.90. The zero-order chi connectivity index (χ0) is 12.4. The molecule has 1 N–H and O–H groups in total. The van der Waals surface area contributed by atoms with Gasteiger partial charge in [-0.3, -0.25) is 0 Å². The van der Waals surface area contributed by atoms with Crippen molar-refractivity contribution in [3.8, 4) is 5.69 Å². The Hall–Kier alpha value is -1.68. The molecule has 1 fully saturated rings. The van der Waals surface area contributed by atoms with Crippen LogP contribution in [0.3, 0.4) is 0 Å². The third kappa shape index (κ3) is 2.43. The van der Waals surface area contributed by atoms with Crippen molar-refractivity contribution < 1.29 is 0 Å². The molecular formula is C14H18N4. The standard InChI is InChI=1S/C14H18N4/c1-11-7-12(8-11)15-9-13-10-16-18(17-13)14-5-3-2-4-6-14/h2-6,10-12,15H,7-9H2,1H3. The molecule has 0 amide bonds. The van der Waals surface area contributed by atoms with Crippen molar-refractivity contribution in [1.82, 2.24) is 20.3 Å². The molecule has 2 aromatic rings. The lowest BCUT2D eigenvalue weighted by Gasteiger charge is -2.33. The van der Waals surface area contributed by atoms with E-state index in [1.807, 2.05) is 36.5 Å². The molecule has 1 aromatic heterocycles. The van der Waals surface area contributed by atoms with E-state index in [0.717, 1.165) is 23.8 Å². The maximum absolute atomic E-state index is 4.47. The van der Waals surface area contributed by atoms with E-state index in [-0.39, 0.29) is 0 Å². The van der Waals surface area contributed by atoms with Crippen LogP contribution in [-0.4, -0.2) is 21.0 Å². The summed E-state index contributed by atoms with van der Waals surface area (Å²) < 4.78 is 0. The highest BCUT2D eigenvalue weighted by Gasteiger charge is 2.24. The Morgan fingerprint density at radius 1 is 1.28 bits per heavy atom. The van der Waals surface area contributed by atoms with Crippen molar-refractivity contribution in [2.45, 2.75) is 32.4 Å². The maximum Gasteiger partial charge on any atom is 0.0969 e. The van der Waals surface area contributed by atoms with Gasteiger partial charge in [-0.2, -0.15) is 15.0 Å². The molecule has 0 atom stereocenters. The smallest absolute Gasteiger partial charge is 0.0969 e. The summed E-state index contributed by atoms with van der Waals surface area (Å²) in [6.45, 7) is 3.11. The quantitative estimate of drug-likeness (QED) is 0.893. The second-order valence-corrected chi connectivity index (χ2v) is 5.12. The zero-order valence-corrected chi connectivity index (χ0v) is 10.6. The molecule has 0 unspecified atom stereocenters. The molecule has 0 saturated heterocycles. The van der Waals surface area contributed by atoms with Crippen LogP contribution in [0.5, 0.6) is 0 Å². The fourth-order valence-electron chi connectivity index (χ4n) is 2.38. The lowest BCUT2D eigenvalue weighted by atomic mass is 9.82. The van der Waals surface area contributed by atoms with Gasteiger partial charge in [-0.15, -0.1) is 0 Å². The van der Waals surface area contributed by atoms with Crippen LogP contribution in [0.25, 0.3) is 5.69 Å². The molecule has 1 saturated carbocycles. The zero-order valence-electron chi connectivity index (χ0n) is 10.6. The third-order valence-electron chi connectivity index (χ3n) is 3.47. The predicted molar refractivity (Wildman–Crippen MR) is 70.4 cm³/mol. The SMILES string of the molecule is CC1CC(NCc2cnn(-c3ccccc3)n2)C1. The van der Waals surface area contributed by atoms with Crippen LogP contribution in [0, 0.1) is 5.92 Å². The van der Waals surface area contributed by atoms with Crippen LogP contribution in [0.1, 0.15) is 25.5 Å². The average molecular weight is 242 g/mol. The van der Waals surface area contributed by atoms with Gasteiger partial charge in [0.15, 0.2) is 0 Å². The summed E-state index contributed by atoms with van der Waals surface area (Å²) in [6.07, 6.45) is 4.40. The summed E-state index contributed by atoms with van der Waals surface area (Å²) in [4.78, 5) is 1.68. The molecule has 0 bridgehead atoms. The Labute approximate surface area is 107 Å². The molecule has 0 aliphatic heterocycles. The summed E-state index contributed by atoms with van der Waals surface area (Å²) >= 11 is 0. The Balaban J connectivity index is 1.60. The number of aromatic nitrogens is 3. The second-order valence-electron chi connectivity index (χ2n) is 5.12. The molecule has 94 valence electrons. The van der Waals surface area contributed by atoms with E-state index in [4.69, 9.17) is 0 Å². The number of para-hydroxylation sites is 1. The molecule has 1 heterocycles. The summed E-state index contributed by atoms with van der Waals surface area (Å²) in [5.74, 6) is 0.877. The van der Waals surface area contributed by atoms with Crippen molar-refractivity contribution in [1.29, 1.82) is 0 Å². The monoisotopic (exact) mass is 242 g/mol. The highest BCUT2D eigenvalue weighted by atomic mass is 15.5. The van der Waals surface area contributed by atoms with E-state index in [0.29, 0.717) is 6.04 Å². The van der Waals surface area contributed by atoms with Gasteiger partial charge in [0.25, 0.3) is 0 Å². The van der Waals surface area contributed by atoms with Crippen LogP contribution in [0.2, 0.25) is 0 Å². The van der Waals surface area contributed by atoms with Crippen LogP contribution in [0.15, 0.2) is 36.5 Å². The molecular weight excluding hydrogens is 224 g/mol. The Morgan fingerprint density at radius 2 is 2.06 bits per heavy atom. The third-order valence-corrected chi connectivity index (χ3v) is 3.47. The molecule has 1 aliphatic carbocycles. The first kappa shape index (κ1) is 11.4. The van der Waals surface area contributed by atoms with E-state index in [1.165, 1.54) is 12.8 Å². The summed E-state index contributed by atoms with van der Waals surface area (Å²) in [5.41, 5.74) is 2.00. The van der Waals surface area contributed by atoms with Crippen LogP contribution in [0.4, 0.5) is 0 Å². The van der Waals surface area contributed by atoms with Crippen molar-refractivity contribution in [2.75, 3.05) is 0 Å². The first-order chi connectivity index (χ1) is 8.81. The summed E-state index contributed by atoms with van der Waals surface area (Å²) in [6, 6.07) is 10.7. The number of rotatable bonds is 4. The van der Waals surface area contributed by atoms with Gasteiger partial charge in [-0.25, -0.2) is 0 Å². The topological polar surface area (TPSA) is 42.7 Å². The number of benzene rings is 1. The minimum atomic E-state index is 0.668. The van der Waals surface area contributed by atoms with Crippen LogP contribution < -0.4 is 5.32 Å². The Morgan fingerprint density at radius 3 is 2.78 bits per heavy atom. The van der Waals surface area contributed by atoms with Crippen molar-refractivity contribution in [3.63, 3.8) is 0 Å². The Kier molecular flexibility index (Phi) is 3.11. The minimum Gasteiger partial charge on any atom is -0.308 e. The summed E-state index contributed by atoms with van der Waals surface area (Å²) in [7, 11) is 0. The fourth-order valence-corrected chi connectivity index (χ4v) is 2.38. The lowest BCUT2D eigenvalue weighted by molar-refractivity contribution is 0.239. The first-order valence-corrected chi connectivity index (χ1v) is 6.51.